The van der Waals surface area contributed by atoms with Gasteiger partial charge in [0.25, 0.3) is 0 Å². The Hall–Kier alpha value is -3.42. The van der Waals surface area contributed by atoms with E-state index in [1.54, 1.807) is 32.5 Å². The van der Waals surface area contributed by atoms with Crippen molar-refractivity contribution in [3.63, 3.8) is 0 Å². The Morgan fingerprint density at radius 3 is 2.47 bits per heavy atom. The third kappa shape index (κ3) is 4.59. The van der Waals surface area contributed by atoms with Gasteiger partial charge in [0.15, 0.2) is 5.75 Å². The third-order valence-corrected chi connectivity index (χ3v) is 5.87. The van der Waals surface area contributed by atoms with Crippen LogP contribution in [0.25, 0.3) is 11.3 Å². The molecule has 1 fully saturated rings. The number of allylic oxidation sites excluding steroid dienone is 1. The van der Waals surface area contributed by atoms with Crippen molar-refractivity contribution in [2.45, 2.75) is 26.8 Å². The van der Waals surface area contributed by atoms with Gasteiger partial charge in [-0.05, 0) is 43.2 Å². The van der Waals surface area contributed by atoms with E-state index in [4.69, 9.17) is 9.84 Å². The first-order valence-electron chi connectivity index (χ1n) is 10.9. The van der Waals surface area contributed by atoms with Gasteiger partial charge in [-0.2, -0.15) is 5.10 Å². The molecule has 1 aliphatic rings. The van der Waals surface area contributed by atoms with E-state index in [2.05, 4.69) is 39.3 Å². The Bertz CT molecular complexity index is 1090. The van der Waals surface area contributed by atoms with E-state index in [-0.39, 0.29) is 5.82 Å². The van der Waals surface area contributed by atoms with Crippen LogP contribution in [0.1, 0.15) is 18.2 Å². The fraction of sp³-hybridized carbons (Fsp3) is 0.375. The van der Waals surface area contributed by atoms with Crippen molar-refractivity contribution < 1.29 is 9.13 Å². The number of methoxy groups -OCH3 is 1. The van der Waals surface area contributed by atoms with E-state index >= 15 is 0 Å². The van der Waals surface area contributed by atoms with Crippen molar-refractivity contribution in [3.05, 3.63) is 66.0 Å². The van der Waals surface area contributed by atoms with Gasteiger partial charge in [0.1, 0.15) is 5.82 Å². The van der Waals surface area contributed by atoms with E-state index in [0.717, 1.165) is 61.2 Å². The Balaban J connectivity index is 1.40. The number of piperazine rings is 1. The molecule has 4 rings (SSSR count). The fourth-order valence-corrected chi connectivity index (χ4v) is 3.90. The van der Waals surface area contributed by atoms with Crippen LogP contribution in [0.15, 0.2) is 48.9 Å². The zero-order valence-electron chi connectivity index (χ0n) is 18.9. The zero-order valence-corrected chi connectivity index (χ0v) is 18.9. The molecule has 7 nitrogen and oxygen atoms in total. The molecular weight excluding hydrogens is 407 g/mol. The van der Waals surface area contributed by atoms with E-state index < -0.39 is 0 Å². The average Bonchev–Trinajstić information content (AvgIpc) is 3.23. The molecule has 1 aliphatic heterocycles. The Labute approximate surface area is 188 Å². The summed E-state index contributed by atoms with van der Waals surface area (Å²) in [7, 11) is 1.61. The summed E-state index contributed by atoms with van der Waals surface area (Å²) in [5, 5.41) is 4.80. The van der Waals surface area contributed by atoms with Gasteiger partial charge in [0.2, 0.25) is 5.95 Å². The minimum Gasteiger partial charge on any atom is -0.494 e. The molecule has 0 bridgehead atoms. The van der Waals surface area contributed by atoms with Crippen LogP contribution in [0.2, 0.25) is 0 Å². The second-order valence-corrected chi connectivity index (χ2v) is 7.96. The van der Waals surface area contributed by atoms with Crippen LogP contribution in [0.4, 0.5) is 10.3 Å². The summed E-state index contributed by atoms with van der Waals surface area (Å²) in [6.45, 7) is 12.2. The monoisotopic (exact) mass is 436 g/mol. The summed E-state index contributed by atoms with van der Waals surface area (Å²) in [6.07, 6.45) is 4.25. The summed E-state index contributed by atoms with van der Waals surface area (Å²) in [6, 6.07) is 7.21. The number of hydrogen-bond donors (Lipinski definition) is 0. The molecule has 0 aliphatic carbocycles. The number of nitrogens with zero attached hydrogens (tertiary/aromatic N) is 6. The van der Waals surface area contributed by atoms with Crippen LogP contribution in [0, 0.1) is 12.7 Å². The molecule has 0 saturated carbocycles. The highest BCUT2D eigenvalue weighted by atomic mass is 19.1. The van der Waals surface area contributed by atoms with Crippen molar-refractivity contribution in [3.8, 4) is 17.0 Å². The lowest BCUT2D eigenvalue weighted by Crippen LogP contribution is -2.46. The van der Waals surface area contributed by atoms with Gasteiger partial charge < -0.3 is 14.5 Å². The first-order valence-corrected chi connectivity index (χ1v) is 10.9. The van der Waals surface area contributed by atoms with E-state index in [9.17, 15) is 4.39 Å². The van der Waals surface area contributed by atoms with Crippen LogP contribution in [-0.2, 0) is 13.0 Å². The zero-order chi connectivity index (χ0) is 22.7. The van der Waals surface area contributed by atoms with Crippen molar-refractivity contribution in [1.82, 2.24) is 24.6 Å². The molecule has 3 heterocycles. The fourth-order valence-electron chi connectivity index (χ4n) is 3.90. The third-order valence-electron chi connectivity index (χ3n) is 5.87. The van der Waals surface area contributed by atoms with Gasteiger partial charge in [-0.15, -0.1) is 0 Å². The Morgan fingerprint density at radius 1 is 1.12 bits per heavy atom. The summed E-state index contributed by atoms with van der Waals surface area (Å²) >= 11 is 0. The van der Waals surface area contributed by atoms with Gasteiger partial charge in [0.05, 0.1) is 31.7 Å². The molecule has 0 amide bonds. The minimum atomic E-state index is -0.198. The second kappa shape index (κ2) is 9.38. The maximum Gasteiger partial charge on any atom is 0.225 e. The maximum absolute atomic E-state index is 13.7. The summed E-state index contributed by atoms with van der Waals surface area (Å²) < 4.78 is 20.8. The second-order valence-electron chi connectivity index (χ2n) is 7.96. The van der Waals surface area contributed by atoms with Crippen LogP contribution in [0.5, 0.6) is 5.75 Å². The van der Waals surface area contributed by atoms with Crippen LogP contribution >= 0.6 is 0 Å². The maximum atomic E-state index is 13.7. The largest absolute Gasteiger partial charge is 0.494 e. The SMILES string of the molecule is C=C(Cn1nc(-c2ccc(F)c(C)c2)cc1CC)N1CCN(c2ncc(OC)cn2)CC1. The smallest absolute Gasteiger partial charge is 0.225 e. The summed E-state index contributed by atoms with van der Waals surface area (Å²) in [5.74, 6) is 1.17. The summed E-state index contributed by atoms with van der Waals surface area (Å²) in [5.41, 5.74) is 4.57. The molecule has 1 aromatic carbocycles. The van der Waals surface area contributed by atoms with Gasteiger partial charge >= 0.3 is 0 Å². The Morgan fingerprint density at radius 2 is 1.84 bits per heavy atom. The predicted molar refractivity (Wildman–Crippen MR) is 123 cm³/mol. The number of anilines is 1. The number of aryl methyl sites for hydroxylation is 2. The average molecular weight is 437 g/mol. The molecule has 0 N–H and O–H groups in total. The quantitative estimate of drug-likeness (QED) is 0.563. The topological polar surface area (TPSA) is 59.3 Å². The predicted octanol–water partition coefficient (Wildman–Crippen LogP) is 3.69. The molecule has 0 spiro atoms. The molecule has 2 aromatic heterocycles. The van der Waals surface area contributed by atoms with Crippen LogP contribution < -0.4 is 9.64 Å². The summed E-state index contributed by atoms with van der Waals surface area (Å²) in [4.78, 5) is 13.2. The number of rotatable bonds is 7. The number of ether oxygens (including phenoxy) is 1. The van der Waals surface area contributed by atoms with Crippen molar-refractivity contribution in [2.75, 3.05) is 38.2 Å². The minimum absolute atomic E-state index is 0.198. The van der Waals surface area contributed by atoms with Crippen molar-refractivity contribution in [2.24, 2.45) is 0 Å². The number of aromatic nitrogens is 4. The normalized spacial score (nSPS) is 14.0. The molecule has 1 saturated heterocycles. The molecule has 8 heteroatoms. The first kappa shape index (κ1) is 21.8. The van der Waals surface area contributed by atoms with Gasteiger partial charge in [-0.3, -0.25) is 4.68 Å². The standard InChI is InChI=1S/C24H29FN6O/c1-5-20-13-23(19-6-7-22(25)17(2)12-19)28-31(20)16-18(3)29-8-10-30(11-9-29)24-26-14-21(32-4)15-27-24/h6-7,12-15H,3,5,8-11,16H2,1-2,4H3. The van der Waals surface area contributed by atoms with Gasteiger partial charge in [0, 0.05) is 43.1 Å². The molecule has 168 valence electrons. The van der Waals surface area contributed by atoms with Crippen molar-refractivity contribution in [1.29, 1.82) is 0 Å². The lowest BCUT2D eigenvalue weighted by atomic mass is 10.1. The molecule has 3 aromatic rings. The number of halogens is 1. The Kier molecular flexibility index (Phi) is 6.39. The van der Waals surface area contributed by atoms with E-state index in [1.807, 2.05) is 10.7 Å². The highest BCUT2D eigenvalue weighted by molar-refractivity contribution is 5.60. The molecule has 0 unspecified atom stereocenters. The van der Waals surface area contributed by atoms with E-state index in [0.29, 0.717) is 17.9 Å². The molecule has 0 atom stereocenters. The number of hydrogen-bond acceptors (Lipinski definition) is 6. The molecular formula is C24H29FN6O. The lowest BCUT2D eigenvalue weighted by molar-refractivity contribution is 0.301. The van der Waals surface area contributed by atoms with Gasteiger partial charge in [-0.25, -0.2) is 14.4 Å². The van der Waals surface area contributed by atoms with E-state index in [1.165, 1.54) is 6.07 Å². The van der Waals surface area contributed by atoms with Crippen LogP contribution in [-0.4, -0.2) is 57.9 Å². The number of benzene rings is 1. The first-order chi connectivity index (χ1) is 15.5. The van der Waals surface area contributed by atoms with Gasteiger partial charge in [-0.1, -0.05) is 13.5 Å². The van der Waals surface area contributed by atoms with Crippen LogP contribution in [0.3, 0.4) is 0 Å². The molecule has 32 heavy (non-hydrogen) atoms. The molecule has 0 radical (unpaired) electrons. The lowest BCUT2D eigenvalue weighted by Gasteiger charge is -2.37. The highest BCUT2D eigenvalue weighted by Crippen LogP contribution is 2.23. The highest BCUT2D eigenvalue weighted by Gasteiger charge is 2.21. The van der Waals surface area contributed by atoms with Crippen molar-refractivity contribution >= 4 is 5.95 Å².